The number of hydrogen-bond acceptors (Lipinski definition) is 4. The molecule has 42 heavy (non-hydrogen) atoms. The number of para-hydroxylation sites is 1. The molecule has 4 rings (SSSR count). The Morgan fingerprint density at radius 2 is 1.45 bits per heavy atom. The van der Waals surface area contributed by atoms with Gasteiger partial charge in [-0.2, -0.15) is 0 Å². The number of rotatable bonds is 12. The standard InChI is InChI=1S/C32H31ClFN3O4S/c1-2-35-32(39)30(21-24-11-5-3-6-12-24)36(22-25-13-9-10-16-29(25)34)31(38)23-37(27-14-7-4-8-15-27)42(40,41)28-19-17-26(33)18-20-28/h3-20,30H,2,21-23H2,1H3,(H,35,39)/t30-/m1/s1. The van der Waals surface area contributed by atoms with E-state index in [0.717, 1.165) is 9.87 Å². The lowest BCUT2D eigenvalue weighted by Gasteiger charge is -2.33. The number of amides is 2. The maximum absolute atomic E-state index is 14.9. The number of benzene rings is 4. The van der Waals surface area contributed by atoms with E-state index in [4.69, 9.17) is 11.6 Å². The molecular formula is C32H31ClFN3O4S. The lowest BCUT2D eigenvalue weighted by atomic mass is 10.0. The first-order chi connectivity index (χ1) is 20.2. The molecule has 0 saturated heterocycles. The van der Waals surface area contributed by atoms with Gasteiger partial charge in [-0.05, 0) is 55.0 Å². The molecular weight excluding hydrogens is 577 g/mol. The Morgan fingerprint density at radius 1 is 0.857 bits per heavy atom. The van der Waals surface area contributed by atoms with Gasteiger partial charge in [-0.3, -0.25) is 13.9 Å². The first-order valence-corrected chi connectivity index (χ1v) is 15.2. The van der Waals surface area contributed by atoms with Gasteiger partial charge < -0.3 is 10.2 Å². The van der Waals surface area contributed by atoms with E-state index in [1.165, 1.54) is 47.4 Å². The van der Waals surface area contributed by atoms with Gasteiger partial charge in [-0.25, -0.2) is 12.8 Å². The van der Waals surface area contributed by atoms with Crippen molar-refractivity contribution in [1.29, 1.82) is 0 Å². The molecule has 0 aromatic heterocycles. The predicted molar refractivity (Wildman–Crippen MR) is 162 cm³/mol. The zero-order valence-electron chi connectivity index (χ0n) is 23.0. The van der Waals surface area contributed by atoms with Crippen molar-refractivity contribution in [1.82, 2.24) is 10.2 Å². The average molecular weight is 608 g/mol. The van der Waals surface area contributed by atoms with E-state index in [2.05, 4.69) is 5.32 Å². The smallest absolute Gasteiger partial charge is 0.264 e. The van der Waals surface area contributed by atoms with Crippen molar-refractivity contribution in [2.24, 2.45) is 0 Å². The van der Waals surface area contributed by atoms with E-state index in [1.54, 1.807) is 43.3 Å². The van der Waals surface area contributed by atoms with E-state index < -0.39 is 40.2 Å². The first kappa shape index (κ1) is 30.7. The number of carbonyl (C=O) groups excluding carboxylic acids is 2. The van der Waals surface area contributed by atoms with Crippen LogP contribution in [0.1, 0.15) is 18.1 Å². The molecule has 0 unspecified atom stereocenters. The molecule has 0 fully saturated rings. The first-order valence-electron chi connectivity index (χ1n) is 13.4. The van der Waals surface area contributed by atoms with Crippen LogP contribution in [0.25, 0.3) is 0 Å². The quantitative estimate of drug-likeness (QED) is 0.232. The SMILES string of the molecule is CCNC(=O)[C@@H](Cc1ccccc1)N(Cc1ccccc1F)C(=O)CN(c1ccccc1)S(=O)(=O)c1ccc(Cl)cc1. The number of nitrogens with zero attached hydrogens (tertiary/aromatic N) is 2. The van der Waals surface area contributed by atoms with E-state index >= 15 is 0 Å². The van der Waals surface area contributed by atoms with Gasteiger partial charge in [0.1, 0.15) is 18.4 Å². The van der Waals surface area contributed by atoms with Crippen molar-refractivity contribution in [3.05, 3.63) is 131 Å². The summed E-state index contributed by atoms with van der Waals surface area (Å²) in [6.45, 7) is 1.20. The molecule has 7 nitrogen and oxygen atoms in total. The summed E-state index contributed by atoms with van der Waals surface area (Å²) in [6, 6.07) is 27.9. The highest BCUT2D eigenvalue weighted by molar-refractivity contribution is 7.92. The van der Waals surface area contributed by atoms with Crippen molar-refractivity contribution in [2.75, 3.05) is 17.4 Å². The lowest BCUT2D eigenvalue weighted by molar-refractivity contribution is -0.140. The molecule has 1 N–H and O–H groups in total. The zero-order valence-corrected chi connectivity index (χ0v) is 24.6. The summed E-state index contributed by atoms with van der Waals surface area (Å²) in [7, 11) is -4.24. The zero-order chi connectivity index (χ0) is 30.1. The summed E-state index contributed by atoms with van der Waals surface area (Å²) < 4.78 is 43.6. The van der Waals surface area contributed by atoms with Gasteiger partial charge in [0.15, 0.2) is 0 Å². The molecule has 218 valence electrons. The molecule has 4 aromatic rings. The Balaban J connectivity index is 1.78. The van der Waals surface area contributed by atoms with Crippen LogP contribution < -0.4 is 9.62 Å². The Hall–Kier alpha value is -4.21. The molecule has 0 saturated carbocycles. The number of sulfonamides is 1. The van der Waals surface area contributed by atoms with Crippen molar-refractivity contribution in [2.45, 2.75) is 30.8 Å². The van der Waals surface area contributed by atoms with Gasteiger partial charge >= 0.3 is 0 Å². The van der Waals surface area contributed by atoms with Gasteiger partial charge in [0.2, 0.25) is 11.8 Å². The van der Waals surface area contributed by atoms with E-state index in [1.807, 2.05) is 30.3 Å². The third-order valence-electron chi connectivity index (χ3n) is 6.65. The number of anilines is 1. The summed E-state index contributed by atoms with van der Waals surface area (Å²) >= 11 is 5.99. The van der Waals surface area contributed by atoms with Gasteiger partial charge in [0.05, 0.1) is 10.6 Å². The minimum Gasteiger partial charge on any atom is -0.355 e. The second-order valence-electron chi connectivity index (χ2n) is 9.51. The van der Waals surface area contributed by atoms with Crippen molar-refractivity contribution < 1.29 is 22.4 Å². The third kappa shape index (κ3) is 7.54. The molecule has 0 bridgehead atoms. The summed E-state index contributed by atoms with van der Waals surface area (Å²) in [4.78, 5) is 28.8. The van der Waals surface area contributed by atoms with Gasteiger partial charge in [0.25, 0.3) is 10.0 Å². The fourth-order valence-corrected chi connectivity index (χ4v) is 6.05. The number of carbonyl (C=O) groups is 2. The van der Waals surface area contributed by atoms with Crippen LogP contribution in [0.4, 0.5) is 10.1 Å². The predicted octanol–water partition coefficient (Wildman–Crippen LogP) is 5.45. The molecule has 0 aliphatic carbocycles. The summed E-state index contributed by atoms with van der Waals surface area (Å²) in [6.07, 6.45) is 0.141. The van der Waals surface area contributed by atoms with E-state index in [9.17, 15) is 22.4 Å². The minimum atomic E-state index is -4.24. The molecule has 0 heterocycles. The van der Waals surface area contributed by atoms with Crippen LogP contribution in [-0.4, -0.2) is 44.3 Å². The van der Waals surface area contributed by atoms with Crippen molar-refractivity contribution in [3.8, 4) is 0 Å². The molecule has 4 aromatic carbocycles. The van der Waals surface area contributed by atoms with Crippen LogP contribution in [0, 0.1) is 5.82 Å². The highest BCUT2D eigenvalue weighted by atomic mass is 35.5. The highest BCUT2D eigenvalue weighted by Crippen LogP contribution is 2.26. The van der Waals surface area contributed by atoms with Crippen molar-refractivity contribution >= 4 is 39.1 Å². The van der Waals surface area contributed by atoms with Crippen LogP contribution >= 0.6 is 11.6 Å². The topological polar surface area (TPSA) is 86.8 Å². The maximum atomic E-state index is 14.9. The number of hydrogen-bond donors (Lipinski definition) is 1. The number of likely N-dealkylation sites (N-methyl/N-ethyl adjacent to an activating group) is 1. The van der Waals surface area contributed by atoms with Gasteiger partial charge in [-0.1, -0.05) is 78.3 Å². The normalized spacial score (nSPS) is 11.9. The number of nitrogens with one attached hydrogen (secondary N) is 1. The number of halogens is 2. The summed E-state index contributed by atoms with van der Waals surface area (Å²) in [5.74, 6) is -1.65. The Morgan fingerprint density at radius 3 is 2.07 bits per heavy atom. The van der Waals surface area contributed by atoms with E-state index in [0.29, 0.717) is 11.6 Å². The molecule has 10 heteroatoms. The molecule has 0 aliphatic rings. The minimum absolute atomic E-state index is 0.0613. The molecule has 0 aliphatic heterocycles. The lowest BCUT2D eigenvalue weighted by Crippen LogP contribution is -2.53. The molecule has 1 atom stereocenters. The highest BCUT2D eigenvalue weighted by Gasteiger charge is 2.34. The van der Waals surface area contributed by atoms with Crippen LogP contribution in [0.2, 0.25) is 5.02 Å². The van der Waals surface area contributed by atoms with Crippen LogP contribution in [-0.2, 0) is 32.6 Å². The Bertz CT molecular complexity index is 1600. The van der Waals surface area contributed by atoms with Gasteiger partial charge in [0, 0.05) is 30.1 Å². The monoisotopic (exact) mass is 607 g/mol. The third-order valence-corrected chi connectivity index (χ3v) is 8.69. The largest absolute Gasteiger partial charge is 0.355 e. The molecule has 0 radical (unpaired) electrons. The maximum Gasteiger partial charge on any atom is 0.264 e. The van der Waals surface area contributed by atoms with Gasteiger partial charge in [-0.15, -0.1) is 0 Å². The fourth-order valence-electron chi connectivity index (χ4n) is 4.51. The second kappa shape index (κ2) is 14.1. The van der Waals surface area contributed by atoms with E-state index in [-0.39, 0.29) is 29.1 Å². The molecule has 2 amide bonds. The van der Waals surface area contributed by atoms with Crippen LogP contribution in [0.5, 0.6) is 0 Å². The summed E-state index contributed by atoms with van der Waals surface area (Å²) in [5, 5.41) is 3.14. The Kier molecular flexibility index (Phi) is 10.3. The Labute approximate surface area is 250 Å². The average Bonchev–Trinajstić information content (AvgIpc) is 2.99. The fraction of sp³-hybridized carbons (Fsp3) is 0.188. The summed E-state index contributed by atoms with van der Waals surface area (Å²) in [5.41, 5.74) is 1.23. The second-order valence-corrected chi connectivity index (χ2v) is 11.8. The van der Waals surface area contributed by atoms with Crippen LogP contribution in [0.15, 0.2) is 114 Å². The molecule has 0 spiro atoms. The van der Waals surface area contributed by atoms with Crippen molar-refractivity contribution in [3.63, 3.8) is 0 Å². The van der Waals surface area contributed by atoms with Crippen LogP contribution in [0.3, 0.4) is 0 Å².